The van der Waals surface area contributed by atoms with Crippen LogP contribution in [0.15, 0.2) is 4.99 Å². The van der Waals surface area contributed by atoms with Crippen LogP contribution in [-0.2, 0) is 14.2 Å². The van der Waals surface area contributed by atoms with Crippen molar-refractivity contribution in [3.8, 4) is 0 Å². The van der Waals surface area contributed by atoms with Crippen molar-refractivity contribution in [2.24, 2.45) is 4.99 Å². The zero-order valence-electron chi connectivity index (χ0n) is 12.6. The van der Waals surface area contributed by atoms with E-state index in [9.17, 15) is 0 Å². The Kier molecular flexibility index (Phi) is 14.4. The van der Waals surface area contributed by atoms with Gasteiger partial charge in [-0.15, -0.1) is 24.0 Å². The highest BCUT2D eigenvalue weighted by molar-refractivity contribution is 14.0. The summed E-state index contributed by atoms with van der Waals surface area (Å²) in [7, 11) is 5.09. The number of methoxy groups -OCH3 is 2. The maximum atomic E-state index is 5.34. The van der Waals surface area contributed by atoms with Crippen molar-refractivity contribution < 1.29 is 14.2 Å². The van der Waals surface area contributed by atoms with Crippen LogP contribution in [0, 0.1) is 0 Å². The molecule has 0 aromatic heterocycles. The van der Waals surface area contributed by atoms with Crippen LogP contribution < -0.4 is 10.6 Å². The Balaban J connectivity index is 0. The molecule has 0 rings (SSSR count). The summed E-state index contributed by atoms with van der Waals surface area (Å²) in [4.78, 5) is 4.12. The fraction of sp³-hybridized carbons (Fsp3) is 0.917. The Morgan fingerprint density at radius 1 is 1.11 bits per heavy atom. The first-order valence-electron chi connectivity index (χ1n) is 6.12. The van der Waals surface area contributed by atoms with E-state index in [0.717, 1.165) is 5.96 Å². The third-order valence-corrected chi connectivity index (χ3v) is 2.43. The van der Waals surface area contributed by atoms with Gasteiger partial charge in [-0.25, -0.2) is 0 Å². The fourth-order valence-corrected chi connectivity index (χ4v) is 1.08. The smallest absolute Gasteiger partial charge is 0.191 e. The molecule has 0 saturated carbocycles. The van der Waals surface area contributed by atoms with E-state index in [1.54, 1.807) is 21.3 Å². The van der Waals surface area contributed by atoms with Gasteiger partial charge in [-0.2, -0.15) is 0 Å². The second kappa shape index (κ2) is 12.9. The van der Waals surface area contributed by atoms with E-state index in [1.165, 1.54) is 0 Å². The van der Waals surface area contributed by atoms with E-state index in [4.69, 9.17) is 14.2 Å². The number of guanidine groups is 1. The van der Waals surface area contributed by atoms with Crippen LogP contribution in [0.2, 0.25) is 0 Å². The molecule has 0 atom stereocenters. The van der Waals surface area contributed by atoms with Crippen LogP contribution in [0.25, 0.3) is 0 Å². The molecule has 6 nitrogen and oxygen atoms in total. The molecule has 0 amide bonds. The highest BCUT2D eigenvalue weighted by Crippen LogP contribution is 2.04. The maximum Gasteiger partial charge on any atom is 0.191 e. The minimum Gasteiger partial charge on any atom is -0.382 e. The van der Waals surface area contributed by atoms with Crippen molar-refractivity contribution >= 4 is 29.9 Å². The minimum absolute atomic E-state index is 0. The summed E-state index contributed by atoms with van der Waals surface area (Å²) in [6, 6.07) is 0. The monoisotopic (exact) mass is 389 g/mol. The topological polar surface area (TPSA) is 64.1 Å². The molecule has 0 radical (unpaired) electrons. The molecule has 0 saturated heterocycles. The van der Waals surface area contributed by atoms with Crippen molar-refractivity contribution in [2.45, 2.75) is 19.4 Å². The summed E-state index contributed by atoms with van der Waals surface area (Å²) < 4.78 is 15.5. The van der Waals surface area contributed by atoms with Gasteiger partial charge in [-0.05, 0) is 13.8 Å². The molecule has 0 spiro atoms. The van der Waals surface area contributed by atoms with Gasteiger partial charge in [-0.1, -0.05) is 0 Å². The second-order valence-electron chi connectivity index (χ2n) is 4.42. The molecule has 0 unspecified atom stereocenters. The van der Waals surface area contributed by atoms with Gasteiger partial charge in [-0.3, -0.25) is 4.99 Å². The number of nitrogens with zero attached hydrogens (tertiary/aromatic N) is 1. The van der Waals surface area contributed by atoms with Crippen LogP contribution in [0.5, 0.6) is 0 Å². The van der Waals surface area contributed by atoms with E-state index < -0.39 is 0 Å². The summed E-state index contributed by atoms with van der Waals surface area (Å²) >= 11 is 0. The predicted octanol–water partition coefficient (Wildman–Crippen LogP) is 0.857. The first kappa shape index (κ1) is 21.2. The average Bonchev–Trinajstić information content (AvgIpc) is 2.37. The quantitative estimate of drug-likeness (QED) is 0.265. The molecule has 0 aliphatic carbocycles. The van der Waals surface area contributed by atoms with Gasteiger partial charge in [0.25, 0.3) is 0 Å². The van der Waals surface area contributed by atoms with Crippen LogP contribution in [0.4, 0.5) is 0 Å². The van der Waals surface area contributed by atoms with Crippen LogP contribution >= 0.6 is 24.0 Å². The van der Waals surface area contributed by atoms with E-state index in [1.807, 2.05) is 13.8 Å². The molecule has 7 heteroatoms. The Bertz CT molecular complexity index is 238. The first-order valence-corrected chi connectivity index (χ1v) is 6.12. The summed E-state index contributed by atoms with van der Waals surface area (Å²) in [5.74, 6) is 0.746. The molecular weight excluding hydrogens is 361 g/mol. The second-order valence-corrected chi connectivity index (χ2v) is 4.42. The van der Waals surface area contributed by atoms with Gasteiger partial charge >= 0.3 is 0 Å². The van der Waals surface area contributed by atoms with Crippen LogP contribution in [0.3, 0.4) is 0 Å². The molecule has 0 aliphatic rings. The van der Waals surface area contributed by atoms with Gasteiger partial charge < -0.3 is 24.8 Å². The lowest BCUT2D eigenvalue weighted by Gasteiger charge is -2.24. The Morgan fingerprint density at radius 2 is 1.79 bits per heavy atom. The van der Waals surface area contributed by atoms with Crippen molar-refractivity contribution in [1.82, 2.24) is 10.6 Å². The van der Waals surface area contributed by atoms with E-state index in [0.29, 0.717) is 32.9 Å². The standard InChI is InChI=1S/C12H27N3O3.HI/c1-12(2,17-5)10-15-11(13-3)14-6-7-18-9-8-16-4;/h6-10H2,1-5H3,(H2,13,14,15);1H. The highest BCUT2D eigenvalue weighted by atomic mass is 127. The molecule has 19 heavy (non-hydrogen) atoms. The first-order chi connectivity index (χ1) is 8.55. The molecular formula is C12H28IN3O3. The molecule has 0 fully saturated rings. The molecule has 0 aliphatic heterocycles. The lowest BCUT2D eigenvalue weighted by Crippen LogP contribution is -2.46. The summed E-state index contributed by atoms with van der Waals surface area (Å²) in [5, 5.41) is 6.36. The van der Waals surface area contributed by atoms with Gasteiger partial charge in [0.15, 0.2) is 5.96 Å². The van der Waals surface area contributed by atoms with E-state index in [-0.39, 0.29) is 29.6 Å². The normalized spacial score (nSPS) is 11.9. The molecule has 0 aromatic rings. The van der Waals surface area contributed by atoms with Crippen molar-refractivity contribution in [1.29, 1.82) is 0 Å². The zero-order chi connectivity index (χ0) is 13.9. The van der Waals surface area contributed by atoms with Crippen molar-refractivity contribution in [3.05, 3.63) is 0 Å². The number of rotatable bonds is 9. The Labute approximate surface area is 133 Å². The Morgan fingerprint density at radius 3 is 2.32 bits per heavy atom. The largest absolute Gasteiger partial charge is 0.382 e. The number of ether oxygens (including phenoxy) is 3. The molecule has 0 bridgehead atoms. The molecule has 0 aromatic carbocycles. The summed E-state index contributed by atoms with van der Waals surface area (Å²) in [5.41, 5.74) is -0.216. The van der Waals surface area contributed by atoms with Gasteiger partial charge in [0.1, 0.15) is 0 Å². The summed E-state index contributed by atoms with van der Waals surface area (Å²) in [6.45, 7) is 7.28. The van der Waals surface area contributed by atoms with Crippen molar-refractivity contribution in [2.75, 3.05) is 54.2 Å². The third-order valence-electron chi connectivity index (χ3n) is 2.43. The van der Waals surface area contributed by atoms with Gasteiger partial charge in [0, 0.05) is 34.4 Å². The third kappa shape index (κ3) is 12.6. The maximum absolute atomic E-state index is 5.34. The number of aliphatic imine (C=N–C) groups is 1. The van der Waals surface area contributed by atoms with E-state index >= 15 is 0 Å². The van der Waals surface area contributed by atoms with Crippen LogP contribution in [0.1, 0.15) is 13.8 Å². The van der Waals surface area contributed by atoms with Crippen molar-refractivity contribution in [3.63, 3.8) is 0 Å². The van der Waals surface area contributed by atoms with Crippen LogP contribution in [-0.4, -0.2) is 65.7 Å². The highest BCUT2D eigenvalue weighted by Gasteiger charge is 2.16. The van der Waals surface area contributed by atoms with E-state index in [2.05, 4.69) is 15.6 Å². The fourth-order valence-electron chi connectivity index (χ4n) is 1.08. The Hall–Kier alpha value is -0.120. The van der Waals surface area contributed by atoms with Gasteiger partial charge in [0.05, 0.1) is 25.4 Å². The number of nitrogens with one attached hydrogen (secondary N) is 2. The minimum atomic E-state index is -0.216. The van der Waals surface area contributed by atoms with Gasteiger partial charge in [0.2, 0.25) is 0 Å². The number of hydrogen-bond acceptors (Lipinski definition) is 4. The zero-order valence-corrected chi connectivity index (χ0v) is 14.9. The molecule has 0 heterocycles. The lowest BCUT2D eigenvalue weighted by atomic mass is 10.1. The molecule has 2 N–H and O–H groups in total. The summed E-state index contributed by atoms with van der Waals surface area (Å²) in [6.07, 6.45) is 0. The average molecular weight is 389 g/mol. The predicted molar refractivity (Wildman–Crippen MR) is 88.6 cm³/mol. The number of halogens is 1. The molecule has 116 valence electrons. The lowest BCUT2D eigenvalue weighted by molar-refractivity contribution is 0.0268. The SMILES string of the molecule is CN=C(NCCOCCOC)NCC(C)(C)OC.I. The number of hydrogen-bond donors (Lipinski definition) is 2.